The van der Waals surface area contributed by atoms with Gasteiger partial charge in [-0.1, -0.05) is 6.07 Å². The van der Waals surface area contributed by atoms with Crippen molar-refractivity contribution in [3.8, 4) is 0 Å². The third-order valence-electron chi connectivity index (χ3n) is 5.41. The Kier molecular flexibility index (Phi) is 6.59. The molecule has 5 rings (SSSR count). The Morgan fingerprint density at radius 3 is 2.41 bits per heavy atom. The minimum Gasteiger partial charge on any atom is -0.382 e. The van der Waals surface area contributed by atoms with Gasteiger partial charge in [-0.3, -0.25) is 4.98 Å². The van der Waals surface area contributed by atoms with Gasteiger partial charge in [-0.05, 0) is 30.7 Å². The summed E-state index contributed by atoms with van der Waals surface area (Å²) in [6.07, 6.45) is 1.81. The molecular formula is C22H22F4N8. The number of imidazole rings is 1. The smallest absolute Gasteiger partial charge is 0.382 e. The SMILES string of the molecule is Nc1ncnc2c1ncn2Cc1c(N2CCC(N)C2)ccc(F)c1C(F)(F)F.c1ccncc1. The number of nitrogens with zero attached hydrogens (tertiary/aromatic N) is 6. The van der Waals surface area contributed by atoms with Crippen LogP contribution < -0.4 is 16.4 Å². The number of benzene rings is 1. The first-order valence-electron chi connectivity index (χ1n) is 10.4. The van der Waals surface area contributed by atoms with E-state index >= 15 is 0 Å². The predicted molar refractivity (Wildman–Crippen MR) is 119 cm³/mol. The van der Waals surface area contributed by atoms with Crippen molar-refractivity contribution in [3.05, 3.63) is 72.3 Å². The first kappa shape index (κ1) is 23.4. The average Bonchev–Trinajstić information content (AvgIpc) is 3.42. The zero-order chi connectivity index (χ0) is 24.3. The van der Waals surface area contributed by atoms with Gasteiger partial charge in [-0.15, -0.1) is 0 Å². The van der Waals surface area contributed by atoms with Crippen LogP contribution >= 0.6 is 0 Å². The summed E-state index contributed by atoms with van der Waals surface area (Å²) in [5.41, 5.74) is 11.0. The highest BCUT2D eigenvalue weighted by Crippen LogP contribution is 2.39. The Morgan fingerprint density at radius 1 is 1.06 bits per heavy atom. The highest BCUT2D eigenvalue weighted by Gasteiger charge is 2.39. The summed E-state index contributed by atoms with van der Waals surface area (Å²) in [5, 5.41) is 0. The Morgan fingerprint density at radius 2 is 1.82 bits per heavy atom. The molecule has 1 aliphatic heterocycles. The molecule has 0 spiro atoms. The molecule has 3 aromatic heterocycles. The fourth-order valence-electron chi connectivity index (χ4n) is 3.87. The molecule has 1 aromatic carbocycles. The van der Waals surface area contributed by atoms with Crippen LogP contribution in [0.1, 0.15) is 17.5 Å². The third-order valence-corrected chi connectivity index (χ3v) is 5.41. The van der Waals surface area contributed by atoms with E-state index in [2.05, 4.69) is 19.9 Å². The second kappa shape index (κ2) is 9.59. The first-order chi connectivity index (χ1) is 16.3. The van der Waals surface area contributed by atoms with Crippen molar-refractivity contribution in [2.45, 2.75) is 25.2 Å². The first-order valence-corrected chi connectivity index (χ1v) is 10.4. The molecule has 0 bridgehead atoms. The van der Waals surface area contributed by atoms with Crippen molar-refractivity contribution in [1.82, 2.24) is 24.5 Å². The van der Waals surface area contributed by atoms with E-state index in [0.717, 1.165) is 6.07 Å². The number of hydrogen-bond acceptors (Lipinski definition) is 7. The van der Waals surface area contributed by atoms with Gasteiger partial charge in [-0.2, -0.15) is 13.2 Å². The van der Waals surface area contributed by atoms with Crippen LogP contribution in [0.5, 0.6) is 0 Å². The molecule has 1 unspecified atom stereocenters. The maximum atomic E-state index is 14.3. The van der Waals surface area contributed by atoms with Gasteiger partial charge in [0.15, 0.2) is 11.5 Å². The number of aromatic nitrogens is 5. The number of fused-ring (bicyclic) bond motifs is 1. The van der Waals surface area contributed by atoms with Gasteiger partial charge in [0.2, 0.25) is 0 Å². The van der Waals surface area contributed by atoms with Crippen LogP contribution in [0.15, 0.2) is 55.4 Å². The Hall–Kier alpha value is -3.80. The summed E-state index contributed by atoms with van der Waals surface area (Å²) in [6.45, 7) is 0.618. The molecule has 12 heteroatoms. The van der Waals surface area contributed by atoms with Gasteiger partial charge >= 0.3 is 6.18 Å². The quantitative estimate of drug-likeness (QED) is 0.439. The third kappa shape index (κ3) is 4.91. The van der Waals surface area contributed by atoms with Gasteiger partial charge in [0.05, 0.1) is 18.4 Å². The van der Waals surface area contributed by atoms with Crippen LogP contribution in [0.3, 0.4) is 0 Å². The standard InChI is InChI=1S/C17H17F4N7.C5H5N/c18-11-1-2-12(27-4-3-9(22)5-27)10(13(11)17(19,20)21)6-28-8-26-14-15(23)24-7-25-16(14)28;1-2-4-6-5-3-1/h1-2,7-9H,3-6,22H2,(H2,23,24,25);1-5H. The lowest BCUT2D eigenvalue weighted by Gasteiger charge is -2.25. The lowest BCUT2D eigenvalue weighted by atomic mass is 10.0. The van der Waals surface area contributed by atoms with Crippen LogP contribution in [0, 0.1) is 5.82 Å². The fourth-order valence-corrected chi connectivity index (χ4v) is 3.87. The minimum absolute atomic E-state index is 0.116. The molecule has 1 saturated heterocycles. The highest BCUT2D eigenvalue weighted by atomic mass is 19.4. The van der Waals surface area contributed by atoms with Crippen molar-refractivity contribution in [2.24, 2.45) is 5.73 Å². The minimum atomic E-state index is -4.86. The number of rotatable bonds is 3. The molecule has 0 saturated carbocycles. The largest absolute Gasteiger partial charge is 0.419 e. The highest BCUT2D eigenvalue weighted by molar-refractivity contribution is 5.81. The zero-order valence-corrected chi connectivity index (χ0v) is 18.0. The maximum absolute atomic E-state index is 14.3. The van der Waals surface area contributed by atoms with Crippen LogP contribution in [0.2, 0.25) is 0 Å². The Balaban J connectivity index is 0.000000398. The van der Waals surface area contributed by atoms with Gasteiger partial charge in [-0.25, -0.2) is 19.3 Å². The molecule has 8 nitrogen and oxygen atoms in total. The number of nitrogen functional groups attached to an aromatic ring is 1. The molecule has 0 amide bonds. The van der Waals surface area contributed by atoms with E-state index in [-0.39, 0.29) is 35.1 Å². The summed E-state index contributed by atoms with van der Waals surface area (Å²) >= 11 is 0. The van der Waals surface area contributed by atoms with E-state index in [1.807, 2.05) is 18.2 Å². The van der Waals surface area contributed by atoms with E-state index in [1.54, 1.807) is 17.3 Å². The molecule has 4 heterocycles. The lowest BCUT2D eigenvalue weighted by Crippen LogP contribution is -2.28. The summed E-state index contributed by atoms with van der Waals surface area (Å²) < 4.78 is 56.8. The van der Waals surface area contributed by atoms with Crippen molar-refractivity contribution >= 4 is 22.7 Å². The van der Waals surface area contributed by atoms with E-state index in [9.17, 15) is 17.6 Å². The number of nitrogens with two attached hydrogens (primary N) is 2. The molecule has 178 valence electrons. The molecule has 1 fully saturated rings. The van der Waals surface area contributed by atoms with Gasteiger partial charge in [0, 0.05) is 42.8 Å². The number of halogens is 4. The van der Waals surface area contributed by atoms with Crippen LogP contribution in [0.4, 0.5) is 29.1 Å². The second-order valence-corrected chi connectivity index (χ2v) is 7.74. The topological polar surface area (TPSA) is 112 Å². The molecule has 4 N–H and O–H groups in total. The summed E-state index contributed by atoms with van der Waals surface area (Å²) in [7, 11) is 0. The van der Waals surface area contributed by atoms with Crippen molar-refractivity contribution in [2.75, 3.05) is 23.7 Å². The van der Waals surface area contributed by atoms with E-state index in [1.165, 1.54) is 23.3 Å². The number of anilines is 2. The van der Waals surface area contributed by atoms with E-state index < -0.39 is 17.6 Å². The van der Waals surface area contributed by atoms with Crippen LogP contribution in [-0.2, 0) is 12.7 Å². The van der Waals surface area contributed by atoms with E-state index in [4.69, 9.17) is 11.5 Å². The normalized spacial score (nSPS) is 15.9. The second-order valence-electron chi connectivity index (χ2n) is 7.74. The van der Waals surface area contributed by atoms with E-state index in [0.29, 0.717) is 25.2 Å². The van der Waals surface area contributed by atoms with Gasteiger partial charge < -0.3 is 20.9 Å². The van der Waals surface area contributed by atoms with Crippen LogP contribution in [0.25, 0.3) is 11.2 Å². The summed E-state index contributed by atoms with van der Waals surface area (Å²) in [6, 6.07) is 7.78. The van der Waals surface area contributed by atoms with Crippen molar-refractivity contribution < 1.29 is 17.6 Å². The maximum Gasteiger partial charge on any atom is 0.419 e. The predicted octanol–water partition coefficient (Wildman–Crippen LogP) is 3.23. The Bertz CT molecular complexity index is 1230. The summed E-state index contributed by atoms with van der Waals surface area (Å²) in [4.78, 5) is 17.5. The Labute approximate surface area is 192 Å². The molecule has 0 radical (unpaired) electrons. The number of alkyl halides is 3. The average molecular weight is 474 g/mol. The van der Waals surface area contributed by atoms with Crippen LogP contribution in [-0.4, -0.2) is 43.6 Å². The molecule has 1 aliphatic rings. The molecular weight excluding hydrogens is 452 g/mol. The summed E-state index contributed by atoms with van der Waals surface area (Å²) in [5.74, 6) is -1.21. The lowest BCUT2D eigenvalue weighted by molar-refractivity contribution is -0.140. The van der Waals surface area contributed by atoms with Crippen molar-refractivity contribution in [1.29, 1.82) is 0 Å². The molecule has 34 heavy (non-hydrogen) atoms. The fraction of sp³-hybridized carbons (Fsp3) is 0.273. The van der Waals surface area contributed by atoms with Gasteiger partial charge in [0.1, 0.15) is 17.7 Å². The number of hydrogen-bond donors (Lipinski definition) is 2. The molecule has 1 atom stereocenters. The number of pyridine rings is 1. The molecule has 4 aromatic rings. The molecule has 0 aliphatic carbocycles. The monoisotopic (exact) mass is 474 g/mol. The van der Waals surface area contributed by atoms with Crippen molar-refractivity contribution in [3.63, 3.8) is 0 Å². The zero-order valence-electron chi connectivity index (χ0n) is 18.0. The van der Waals surface area contributed by atoms with Gasteiger partial charge in [0.25, 0.3) is 0 Å².